The van der Waals surface area contributed by atoms with Gasteiger partial charge < -0.3 is 4.74 Å². The van der Waals surface area contributed by atoms with Gasteiger partial charge in [-0.1, -0.05) is 23.7 Å². The maximum Gasteiger partial charge on any atom is 0.148 e. The van der Waals surface area contributed by atoms with Gasteiger partial charge in [-0.05, 0) is 37.3 Å². The molecule has 2 aromatic carbocycles. The van der Waals surface area contributed by atoms with Crippen LogP contribution in [0.25, 0.3) is 0 Å². The Morgan fingerprint density at radius 2 is 2.05 bits per heavy atom. The zero-order valence-corrected chi connectivity index (χ0v) is 11.2. The van der Waals surface area contributed by atoms with Crippen molar-refractivity contribution >= 4 is 23.5 Å². The summed E-state index contributed by atoms with van der Waals surface area (Å²) in [5, 5.41) is 0.582. The molecule has 0 amide bonds. The van der Waals surface area contributed by atoms with Crippen molar-refractivity contribution in [3.05, 3.63) is 58.9 Å². The standard InChI is InChI=1S/C15H13ClFNO/c1-2-19-15-8-7-12(16)9-11(15)10-18-14-6-4-3-5-13(14)17/h3-10H,2H2,1H3. The third kappa shape index (κ3) is 3.55. The largest absolute Gasteiger partial charge is 0.493 e. The normalized spacial score (nSPS) is 10.9. The Morgan fingerprint density at radius 3 is 2.79 bits per heavy atom. The monoisotopic (exact) mass is 277 g/mol. The van der Waals surface area contributed by atoms with Gasteiger partial charge in [0, 0.05) is 16.8 Å². The molecular weight excluding hydrogens is 265 g/mol. The maximum absolute atomic E-state index is 13.4. The van der Waals surface area contributed by atoms with Crippen LogP contribution in [0.4, 0.5) is 10.1 Å². The van der Waals surface area contributed by atoms with Gasteiger partial charge in [0.15, 0.2) is 0 Å². The van der Waals surface area contributed by atoms with Gasteiger partial charge in [0.2, 0.25) is 0 Å². The molecule has 0 fully saturated rings. The number of nitrogens with zero attached hydrogens (tertiary/aromatic N) is 1. The van der Waals surface area contributed by atoms with E-state index in [0.717, 1.165) is 5.56 Å². The fraction of sp³-hybridized carbons (Fsp3) is 0.133. The Kier molecular flexibility index (Phi) is 4.53. The second kappa shape index (κ2) is 6.34. The lowest BCUT2D eigenvalue weighted by Gasteiger charge is -2.06. The molecule has 0 aliphatic rings. The molecule has 2 nitrogen and oxygen atoms in total. The number of para-hydroxylation sites is 1. The lowest BCUT2D eigenvalue weighted by atomic mass is 10.2. The van der Waals surface area contributed by atoms with Gasteiger partial charge >= 0.3 is 0 Å². The molecule has 0 aliphatic carbocycles. The van der Waals surface area contributed by atoms with Crippen molar-refractivity contribution in [3.63, 3.8) is 0 Å². The predicted molar refractivity (Wildman–Crippen MR) is 76.3 cm³/mol. The van der Waals surface area contributed by atoms with Crippen molar-refractivity contribution in [2.75, 3.05) is 6.61 Å². The highest BCUT2D eigenvalue weighted by Crippen LogP contribution is 2.23. The minimum Gasteiger partial charge on any atom is -0.493 e. The number of ether oxygens (including phenoxy) is 1. The van der Waals surface area contributed by atoms with Crippen molar-refractivity contribution < 1.29 is 9.13 Å². The van der Waals surface area contributed by atoms with E-state index in [1.54, 1.807) is 42.6 Å². The molecule has 2 aromatic rings. The van der Waals surface area contributed by atoms with Crippen LogP contribution in [0.5, 0.6) is 5.75 Å². The first-order valence-electron chi connectivity index (χ1n) is 5.91. The smallest absolute Gasteiger partial charge is 0.148 e. The van der Waals surface area contributed by atoms with E-state index < -0.39 is 0 Å². The molecule has 0 aliphatic heterocycles. The highest BCUT2D eigenvalue weighted by molar-refractivity contribution is 6.30. The molecule has 0 aromatic heterocycles. The SMILES string of the molecule is CCOc1ccc(Cl)cc1C=Nc1ccccc1F. The van der Waals surface area contributed by atoms with E-state index in [1.807, 2.05) is 6.92 Å². The highest BCUT2D eigenvalue weighted by atomic mass is 35.5. The molecule has 0 heterocycles. The van der Waals surface area contributed by atoms with Gasteiger partial charge in [-0.3, -0.25) is 4.99 Å². The fourth-order valence-electron chi connectivity index (χ4n) is 1.60. The minimum atomic E-state index is -0.362. The van der Waals surface area contributed by atoms with Crippen LogP contribution < -0.4 is 4.74 Å². The Bertz CT molecular complexity index is 598. The van der Waals surface area contributed by atoms with Crippen LogP contribution in [0.1, 0.15) is 12.5 Å². The van der Waals surface area contributed by atoms with Crippen LogP contribution in [0.2, 0.25) is 5.02 Å². The van der Waals surface area contributed by atoms with Crippen molar-refractivity contribution in [2.45, 2.75) is 6.92 Å². The van der Waals surface area contributed by atoms with Gasteiger partial charge in [-0.2, -0.15) is 0 Å². The summed E-state index contributed by atoms with van der Waals surface area (Å²) in [6.45, 7) is 2.44. The number of hydrogen-bond acceptors (Lipinski definition) is 2. The van der Waals surface area contributed by atoms with E-state index in [9.17, 15) is 4.39 Å². The lowest BCUT2D eigenvalue weighted by molar-refractivity contribution is 0.340. The summed E-state index contributed by atoms with van der Waals surface area (Å²) in [6.07, 6.45) is 1.55. The van der Waals surface area contributed by atoms with Crippen molar-refractivity contribution in [3.8, 4) is 5.75 Å². The fourth-order valence-corrected chi connectivity index (χ4v) is 1.78. The van der Waals surface area contributed by atoms with Crippen molar-refractivity contribution in [1.29, 1.82) is 0 Å². The summed E-state index contributed by atoms with van der Waals surface area (Å²) in [7, 11) is 0. The first kappa shape index (κ1) is 13.6. The van der Waals surface area contributed by atoms with Crippen molar-refractivity contribution in [2.24, 2.45) is 4.99 Å². The molecule has 19 heavy (non-hydrogen) atoms. The summed E-state index contributed by atoms with van der Waals surface area (Å²) in [5.74, 6) is 0.311. The highest BCUT2D eigenvalue weighted by Gasteiger charge is 2.03. The molecule has 4 heteroatoms. The van der Waals surface area contributed by atoms with Gasteiger partial charge in [0.1, 0.15) is 11.6 Å². The lowest BCUT2D eigenvalue weighted by Crippen LogP contribution is -1.95. The van der Waals surface area contributed by atoms with Crippen LogP contribution in [0.3, 0.4) is 0 Å². The average molecular weight is 278 g/mol. The van der Waals surface area contributed by atoms with Gasteiger partial charge in [0.05, 0.1) is 12.3 Å². The van der Waals surface area contributed by atoms with E-state index in [1.165, 1.54) is 6.07 Å². The Morgan fingerprint density at radius 1 is 1.26 bits per heavy atom. The van der Waals surface area contributed by atoms with Crippen LogP contribution in [0.15, 0.2) is 47.5 Å². The first-order valence-corrected chi connectivity index (χ1v) is 6.29. The quantitative estimate of drug-likeness (QED) is 0.747. The number of hydrogen-bond donors (Lipinski definition) is 0. The summed E-state index contributed by atoms with van der Waals surface area (Å²) < 4.78 is 18.9. The zero-order chi connectivity index (χ0) is 13.7. The van der Waals surface area contributed by atoms with Crippen molar-refractivity contribution in [1.82, 2.24) is 0 Å². The second-order valence-corrected chi connectivity index (χ2v) is 4.26. The molecular formula is C15H13ClFNO. The molecule has 0 saturated heterocycles. The minimum absolute atomic E-state index is 0.282. The Labute approximate surface area is 116 Å². The van der Waals surface area contributed by atoms with Crippen LogP contribution in [-0.4, -0.2) is 12.8 Å². The molecule has 0 radical (unpaired) electrons. The van der Waals surface area contributed by atoms with Crippen LogP contribution in [-0.2, 0) is 0 Å². The van der Waals surface area contributed by atoms with E-state index in [4.69, 9.17) is 16.3 Å². The number of rotatable bonds is 4. The number of halogens is 2. The summed E-state index contributed by atoms with van der Waals surface area (Å²) >= 11 is 5.94. The third-order valence-electron chi connectivity index (χ3n) is 2.47. The maximum atomic E-state index is 13.4. The second-order valence-electron chi connectivity index (χ2n) is 3.82. The number of benzene rings is 2. The molecule has 0 unspecified atom stereocenters. The van der Waals surface area contributed by atoms with Crippen LogP contribution >= 0.6 is 11.6 Å². The summed E-state index contributed by atoms with van der Waals surface area (Å²) in [6, 6.07) is 11.6. The molecule has 0 atom stereocenters. The van der Waals surface area contributed by atoms with E-state index in [-0.39, 0.29) is 11.5 Å². The van der Waals surface area contributed by atoms with Gasteiger partial charge in [-0.15, -0.1) is 0 Å². The molecule has 0 bridgehead atoms. The Hall–Kier alpha value is -1.87. The van der Waals surface area contributed by atoms with E-state index in [2.05, 4.69) is 4.99 Å². The topological polar surface area (TPSA) is 21.6 Å². The first-order chi connectivity index (χ1) is 9.20. The number of aliphatic imine (C=N–C) groups is 1. The van der Waals surface area contributed by atoms with E-state index in [0.29, 0.717) is 17.4 Å². The average Bonchev–Trinajstić information content (AvgIpc) is 2.41. The molecule has 0 saturated carbocycles. The summed E-state index contributed by atoms with van der Waals surface area (Å²) in [5.41, 5.74) is 1.00. The molecule has 0 N–H and O–H groups in total. The van der Waals surface area contributed by atoms with Crippen LogP contribution in [0, 0.1) is 5.82 Å². The molecule has 2 rings (SSSR count). The third-order valence-corrected chi connectivity index (χ3v) is 2.70. The zero-order valence-electron chi connectivity index (χ0n) is 10.4. The predicted octanol–water partition coefficient (Wildman–Crippen LogP) is 4.63. The van der Waals surface area contributed by atoms with Gasteiger partial charge in [0.25, 0.3) is 0 Å². The molecule has 98 valence electrons. The van der Waals surface area contributed by atoms with Gasteiger partial charge in [-0.25, -0.2) is 4.39 Å². The molecule has 0 spiro atoms. The summed E-state index contributed by atoms with van der Waals surface area (Å²) in [4.78, 5) is 4.12. The van der Waals surface area contributed by atoms with E-state index >= 15 is 0 Å². The Balaban J connectivity index is 2.32.